The summed E-state index contributed by atoms with van der Waals surface area (Å²) in [7, 11) is 0. The van der Waals surface area contributed by atoms with E-state index in [0.717, 1.165) is 22.5 Å². The van der Waals surface area contributed by atoms with Crippen molar-refractivity contribution in [2.24, 2.45) is 0 Å². The topological polar surface area (TPSA) is 12.9 Å². The maximum Gasteiger partial charge on any atom is 0.0737 e. The predicted molar refractivity (Wildman–Crippen MR) is 69.2 cm³/mol. The number of hydrogen-bond acceptors (Lipinski definition) is 1. The van der Waals surface area contributed by atoms with Crippen LogP contribution in [0.5, 0.6) is 0 Å². The molecule has 3 heteroatoms. The normalized spacial score (nSPS) is 10.5. The van der Waals surface area contributed by atoms with Crippen molar-refractivity contribution in [3.63, 3.8) is 0 Å². The van der Waals surface area contributed by atoms with Crippen LogP contribution in [-0.2, 0) is 0 Å². The molecule has 0 N–H and O–H groups in total. The van der Waals surface area contributed by atoms with Gasteiger partial charge < -0.3 is 0 Å². The van der Waals surface area contributed by atoms with Crippen LogP contribution in [-0.4, -0.2) is 4.98 Å². The van der Waals surface area contributed by atoms with Crippen molar-refractivity contribution in [1.82, 2.24) is 4.98 Å². The number of aromatic nitrogens is 1. The lowest BCUT2D eigenvalue weighted by Crippen LogP contribution is -1.90. The van der Waals surface area contributed by atoms with Gasteiger partial charge in [-0.3, -0.25) is 4.98 Å². The average Bonchev–Trinajstić information content (AvgIpc) is 2.15. The Morgan fingerprint density at radius 3 is 2.19 bits per heavy atom. The van der Waals surface area contributed by atoms with Crippen molar-refractivity contribution in [3.05, 3.63) is 51.6 Å². The second-order valence-corrected chi connectivity index (χ2v) is 4.58. The van der Waals surface area contributed by atoms with E-state index in [1.807, 2.05) is 44.2 Å². The van der Waals surface area contributed by atoms with E-state index in [2.05, 4.69) is 4.98 Å². The van der Waals surface area contributed by atoms with Crippen molar-refractivity contribution in [2.75, 3.05) is 0 Å². The zero-order valence-electron chi connectivity index (χ0n) is 9.09. The molecule has 1 aromatic heterocycles. The molecule has 0 spiro atoms. The van der Waals surface area contributed by atoms with Crippen LogP contribution in [0, 0.1) is 13.8 Å². The first-order valence-electron chi connectivity index (χ1n) is 4.97. The molecule has 0 bridgehead atoms. The molecule has 0 saturated heterocycles. The smallest absolute Gasteiger partial charge is 0.0737 e. The Hall–Kier alpha value is -1.05. The molecule has 0 unspecified atom stereocenters. The van der Waals surface area contributed by atoms with Gasteiger partial charge in [-0.25, -0.2) is 0 Å². The fourth-order valence-corrected chi connectivity index (χ4v) is 2.30. The fourth-order valence-electron chi connectivity index (χ4n) is 1.71. The summed E-state index contributed by atoms with van der Waals surface area (Å²) < 4.78 is 0. The third-order valence-corrected chi connectivity index (χ3v) is 2.95. The third-order valence-electron chi connectivity index (χ3n) is 2.32. The Bertz CT molecular complexity index is 495. The molecule has 0 saturated carbocycles. The van der Waals surface area contributed by atoms with Crippen molar-refractivity contribution < 1.29 is 0 Å². The molecular weight excluding hydrogens is 241 g/mol. The first-order valence-corrected chi connectivity index (χ1v) is 5.73. The van der Waals surface area contributed by atoms with Crippen LogP contribution in [0.15, 0.2) is 30.3 Å². The van der Waals surface area contributed by atoms with Crippen molar-refractivity contribution in [2.45, 2.75) is 13.8 Å². The lowest BCUT2D eigenvalue weighted by Gasteiger charge is -2.08. The van der Waals surface area contributed by atoms with E-state index < -0.39 is 0 Å². The lowest BCUT2D eigenvalue weighted by atomic mass is 10.1. The molecule has 0 aliphatic carbocycles. The summed E-state index contributed by atoms with van der Waals surface area (Å²) in [6.45, 7) is 3.99. The molecule has 2 rings (SSSR count). The molecule has 0 aliphatic rings. The highest BCUT2D eigenvalue weighted by Gasteiger charge is 2.09. The molecule has 2 aromatic rings. The standard InChI is InChI=1S/C13H11Cl2N/c1-8-6-9(2)16-12(7-8)13-10(14)4-3-5-11(13)15/h3-7H,1-2H3. The van der Waals surface area contributed by atoms with Gasteiger partial charge in [-0.15, -0.1) is 0 Å². The van der Waals surface area contributed by atoms with E-state index >= 15 is 0 Å². The van der Waals surface area contributed by atoms with Crippen molar-refractivity contribution in [1.29, 1.82) is 0 Å². The van der Waals surface area contributed by atoms with Crippen LogP contribution in [0.1, 0.15) is 11.3 Å². The summed E-state index contributed by atoms with van der Waals surface area (Å²) in [5.74, 6) is 0. The summed E-state index contributed by atoms with van der Waals surface area (Å²) in [5.41, 5.74) is 3.75. The highest BCUT2D eigenvalue weighted by molar-refractivity contribution is 6.39. The molecule has 16 heavy (non-hydrogen) atoms. The molecule has 1 heterocycles. The van der Waals surface area contributed by atoms with Gasteiger partial charge in [0.05, 0.1) is 15.7 Å². The second-order valence-electron chi connectivity index (χ2n) is 3.77. The van der Waals surface area contributed by atoms with Gasteiger partial charge in [0.25, 0.3) is 0 Å². The number of rotatable bonds is 1. The highest BCUT2D eigenvalue weighted by atomic mass is 35.5. The van der Waals surface area contributed by atoms with E-state index in [9.17, 15) is 0 Å². The minimum absolute atomic E-state index is 0.630. The van der Waals surface area contributed by atoms with E-state index in [0.29, 0.717) is 10.0 Å². The van der Waals surface area contributed by atoms with E-state index in [-0.39, 0.29) is 0 Å². The SMILES string of the molecule is Cc1cc(C)nc(-c2c(Cl)cccc2Cl)c1. The van der Waals surface area contributed by atoms with Gasteiger partial charge in [0, 0.05) is 11.3 Å². The fraction of sp³-hybridized carbons (Fsp3) is 0.154. The maximum atomic E-state index is 6.14. The molecule has 1 nitrogen and oxygen atoms in total. The van der Waals surface area contributed by atoms with Gasteiger partial charge >= 0.3 is 0 Å². The summed E-state index contributed by atoms with van der Waals surface area (Å²) in [6.07, 6.45) is 0. The minimum Gasteiger partial charge on any atom is -0.253 e. The minimum atomic E-state index is 0.630. The lowest BCUT2D eigenvalue weighted by molar-refractivity contribution is 1.18. The molecule has 0 amide bonds. The molecule has 1 aromatic carbocycles. The zero-order valence-corrected chi connectivity index (χ0v) is 10.6. The molecule has 0 radical (unpaired) electrons. The number of benzene rings is 1. The van der Waals surface area contributed by atoms with Gasteiger partial charge in [-0.2, -0.15) is 0 Å². The van der Waals surface area contributed by atoms with Gasteiger partial charge in [-0.1, -0.05) is 29.3 Å². The van der Waals surface area contributed by atoms with Crippen LogP contribution >= 0.6 is 23.2 Å². The number of aryl methyl sites for hydroxylation is 2. The van der Waals surface area contributed by atoms with E-state index in [4.69, 9.17) is 23.2 Å². The Labute approximate surface area is 105 Å². The largest absolute Gasteiger partial charge is 0.253 e. The summed E-state index contributed by atoms with van der Waals surface area (Å²) in [4.78, 5) is 4.46. The number of hydrogen-bond donors (Lipinski definition) is 0. The van der Waals surface area contributed by atoms with E-state index in [1.165, 1.54) is 0 Å². The monoisotopic (exact) mass is 251 g/mol. The average molecular weight is 252 g/mol. The Kier molecular flexibility index (Phi) is 3.17. The number of pyridine rings is 1. The van der Waals surface area contributed by atoms with Crippen LogP contribution < -0.4 is 0 Å². The predicted octanol–water partition coefficient (Wildman–Crippen LogP) is 4.67. The quantitative estimate of drug-likeness (QED) is 0.718. The van der Waals surface area contributed by atoms with Crippen molar-refractivity contribution in [3.8, 4) is 11.3 Å². The highest BCUT2D eigenvalue weighted by Crippen LogP contribution is 2.33. The molecule has 82 valence electrons. The summed E-state index contributed by atoms with van der Waals surface area (Å²) in [6, 6.07) is 9.48. The molecule has 0 fully saturated rings. The van der Waals surface area contributed by atoms with Crippen LogP contribution in [0.3, 0.4) is 0 Å². The van der Waals surface area contributed by atoms with Crippen LogP contribution in [0.25, 0.3) is 11.3 Å². The number of nitrogens with zero attached hydrogens (tertiary/aromatic N) is 1. The third kappa shape index (κ3) is 2.21. The molecule has 0 atom stereocenters. The first kappa shape index (κ1) is 11.4. The Morgan fingerprint density at radius 2 is 1.62 bits per heavy atom. The summed E-state index contributed by atoms with van der Waals surface area (Å²) in [5, 5.41) is 1.26. The van der Waals surface area contributed by atoms with Gasteiger partial charge in [0.15, 0.2) is 0 Å². The van der Waals surface area contributed by atoms with Crippen LogP contribution in [0.4, 0.5) is 0 Å². The molecular formula is C13H11Cl2N. The van der Waals surface area contributed by atoms with Gasteiger partial charge in [0.1, 0.15) is 0 Å². The van der Waals surface area contributed by atoms with Crippen LogP contribution in [0.2, 0.25) is 10.0 Å². The van der Waals surface area contributed by atoms with Gasteiger partial charge in [-0.05, 0) is 43.7 Å². The molecule has 0 aliphatic heterocycles. The second kappa shape index (κ2) is 4.44. The van der Waals surface area contributed by atoms with Crippen molar-refractivity contribution >= 4 is 23.2 Å². The number of halogens is 2. The Morgan fingerprint density at radius 1 is 1.00 bits per heavy atom. The Balaban J connectivity index is 2.67. The van der Waals surface area contributed by atoms with E-state index in [1.54, 1.807) is 0 Å². The van der Waals surface area contributed by atoms with Gasteiger partial charge in [0.2, 0.25) is 0 Å². The maximum absolute atomic E-state index is 6.14. The zero-order chi connectivity index (χ0) is 11.7. The first-order chi connectivity index (χ1) is 7.58. The summed E-state index contributed by atoms with van der Waals surface area (Å²) >= 11 is 12.3.